The van der Waals surface area contributed by atoms with Crippen LogP contribution in [0.2, 0.25) is 0 Å². The van der Waals surface area contributed by atoms with Gasteiger partial charge in [-0.25, -0.2) is 0 Å². The molecule has 2 aromatic rings. The number of benzene rings is 1. The average Bonchev–Trinajstić information content (AvgIpc) is 3.02. The zero-order chi connectivity index (χ0) is 16.1. The van der Waals surface area contributed by atoms with E-state index in [1.807, 2.05) is 19.3 Å². The number of hydrogen-bond acceptors (Lipinski definition) is 3. The van der Waals surface area contributed by atoms with E-state index in [0.29, 0.717) is 4.75 Å². The second-order valence-corrected chi connectivity index (χ2v) is 7.86. The summed E-state index contributed by atoms with van der Waals surface area (Å²) >= 11 is 2.06. The van der Waals surface area contributed by atoms with Crippen LogP contribution in [0.15, 0.2) is 41.5 Å². The van der Waals surface area contributed by atoms with Gasteiger partial charge in [0.05, 0.1) is 5.52 Å². The Hall–Kier alpha value is -1.02. The number of aliphatic imine (C=N–C) groups is 1. The predicted octanol–water partition coefficient (Wildman–Crippen LogP) is 3.80. The minimum Gasteiger partial charge on any atom is -0.355 e. The van der Waals surface area contributed by atoms with Gasteiger partial charge in [0, 0.05) is 36.5 Å². The number of fused-ring (bicyclic) bond motifs is 1. The first-order valence-electron chi connectivity index (χ1n) is 8.11. The molecular formula is C18H25IN4S. The van der Waals surface area contributed by atoms with E-state index in [1.165, 1.54) is 29.5 Å². The first-order valence-corrected chi connectivity index (χ1v) is 9.10. The average molecular weight is 456 g/mol. The summed E-state index contributed by atoms with van der Waals surface area (Å²) in [4.78, 5) is 8.84. The second-order valence-electron chi connectivity index (χ2n) is 6.17. The van der Waals surface area contributed by atoms with Crippen LogP contribution in [0.1, 0.15) is 25.3 Å². The van der Waals surface area contributed by atoms with Crippen molar-refractivity contribution in [1.29, 1.82) is 0 Å². The Balaban J connectivity index is 0.00000208. The lowest BCUT2D eigenvalue weighted by molar-refractivity contribution is 0.584. The van der Waals surface area contributed by atoms with Crippen LogP contribution in [0.25, 0.3) is 10.9 Å². The van der Waals surface area contributed by atoms with E-state index in [2.05, 4.69) is 63.6 Å². The molecule has 1 saturated heterocycles. The lowest BCUT2D eigenvalue weighted by Crippen LogP contribution is -2.43. The standard InChI is InChI=1S/C18H24N4S.HI/c1-18(9-5-11-23-18)13-22-17(19-2)21-12-15-7-3-6-14-8-4-10-20-16(14)15;/h3-4,6-8,10H,5,9,11-13H2,1-2H3,(H2,19,21,22);1H. The Morgan fingerprint density at radius 2 is 2.12 bits per heavy atom. The van der Waals surface area contributed by atoms with Crippen LogP contribution in [0.4, 0.5) is 0 Å². The number of pyridine rings is 1. The molecule has 1 fully saturated rings. The van der Waals surface area contributed by atoms with E-state index in [-0.39, 0.29) is 24.0 Å². The molecule has 1 atom stereocenters. The molecule has 6 heteroatoms. The highest BCUT2D eigenvalue weighted by Gasteiger charge is 2.29. The number of thioether (sulfide) groups is 1. The van der Waals surface area contributed by atoms with Gasteiger partial charge in [0.15, 0.2) is 5.96 Å². The minimum atomic E-state index is 0. The maximum absolute atomic E-state index is 4.50. The smallest absolute Gasteiger partial charge is 0.191 e. The maximum atomic E-state index is 4.50. The Kier molecular flexibility index (Phi) is 7.16. The third kappa shape index (κ3) is 4.75. The predicted molar refractivity (Wildman–Crippen MR) is 115 cm³/mol. The summed E-state index contributed by atoms with van der Waals surface area (Å²) in [5, 5.41) is 8.05. The van der Waals surface area contributed by atoms with Crippen molar-refractivity contribution in [1.82, 2.24) is 15.6 Å². The molecular weight excluding hydrogens is 431 g/mol. The summed E-state index contributed by atoms with van der Waals surface area (Å²) in [5.74, 6) is 2.12. The highest BCUT2D eigenvalue weighted by Crippen LogP contribution is 2.36. The van der Waals surface area contributed by atoms with Gasteiger partial charge in [0.1, 0.15) is 0 Å². The number of hydrogen-bond donors (Lipinski definition) is 2. The molecule has 0 bridgehead atoms. The van der Waals surface area contributed by atoms with Crippen LogP contribution in [0.3, 0.4) is 0 Å². The lowest BCUT2D eigenvalue weighted by atomic mass is 10.1. The van der Waals surface area contributed by atoms with Gasteiger partial charge in [0.25, 0.3) is 0 Å². The van der Waals surface area contributed by atoms with Crippen LogP contribution >= 0.6 is 35.7 Å². The molecule has 1 aromatic carbocycles. The van der Waals surface area contributed by atoms with Gasteiger partial charge in [-0.05, 0) is 37.1 Å². The van der Waals surface area contributed by atoms with Gasteiger partial charge in [-0.2, -0.15) is 11.8 Å². The fraction of sp³-hybridized carbons (Fsp3) is 0.444. The van der Waals surface area contributed by atoms with Gasteiger partial charge < -0.3 is 10.6 Å². The Morgan fingerprint density at radius 3 is 2.88 bits per heavy atom. The van der Waals surface area contributed by atoms with Gasteiger partial charge in [0.2, 0.25) is 0 Å². The number of nitrogens with one attached hydrogen (secondary N) is 2. The summed E-state index contributed by atoms with van der Waals surface area (Å²) in [6.45, 7) is 4.00. The topological polar surface area (TPSA) is 49.3 Å². The molecule has 1 aromatic heterocycles. The highest BCUT2D eigenvalue weighted by molar-refractivity contribution is 14.0. The summed E-state index contributed by atoms with van der Waals surface area (Å²) in [7, 11) is 1.82. The van der Waals surface area contributed by atoms with Crippen molar-refractivity contribution in [3.63, 3.8) is 0 Å². The van der Waals surface area contributed by atoms with Crippen molar-refractivity contribution < 1.29 is 0 Å². The quantitative estimate of drug-likeness (QED) is 0.418. The van der Waals surface area contributed by atoms with Crippen LogP contribution < -0.4 is 10.6 Å². The molecule has 24 heavy (non-hydrogen) atoms. The van der Waals surface area contributed by atoms with Gasteiger partial charge in [-0.15, -0.1) is 24.0 Å². The minimum absolute atomic E-state index is 0. The molecule has 1 aliphatic rings. The van der Waals surface area contributed by atoms with Crippen molar-refractivity contribution in [2.75, 3.05) is 19.3 Å². The van der Waals surface area contributed by atoms with E-state index in [4.69, 9.17) is 0 Å². The van der Waals surface area contributed by atoms with Gasteiger partial charge in [-0.3, -0.25) is 9.98 Å². The third-order valence-corrected chi connectivity index (χ3v) is 5.85. The Labute approximate surface area is 165 Å². The fourth-order valence-electron chi connectivity index (χ4n) is 2.96. The number of nitrogens with zero attached hydrogens (tertiary/aromatic N) is 2. The normalized spacial score (nSPS) is 20.7. The van der Waals surface area contributed by atoms with E-state index in [9.17, 15) is 0 Å². The largest absolute Gasteiger partial charge is 0.355 e. The van der Waals surface area contributed by atoms with Crippen molar-refractivity contribution in [3.05, 3.63) is 42.1 Å². The van der Waals surface area contributed by atoms with Crippen molar-refractivity contribution in [2.24, 2.45) is 4.99 Å². The molecule has 2 heterocycles. The number of aromatic nitrogens is 1. The second kappa shape index (κ2) is 8.89. The lowest BCUT2D eigenvalue weighted by Gasteiger charge is -2.24. The van der Waals surface area contributed by atoms with E-state index in [1.54, 1.807) is 0 Å². The summed E-state index contributed by atoms with van der Waals surface area (Å²) in [6.07, 6.45) is 4.43. The number of rotatable bonds is 4. The molecule has 4 nitrogen and oxygen atoms in total. The van der Waals surface area contributed by atoms with Crippen LogP contribution in [-0.4, -0.2) is 35.0 Å². The molecule has 0 spiro atoms. The Bertz CT molecular complexity index is 693. The van der Waals surface area contributed by atoms with Crippen LogP contribution in [-0.2, 0) is 6.54 Å². The summed E-state index contributed by atoms with van der Waals surface area (Å²) in [5.41, 5.74) is 2.24. The third-order valence-electron chi connectivity index (χ3n) is 4.32. The van der Waals surface area contributed by atoms with Crippen LogP contribution in [0, 0.1) is 0 Å². The van der Waals surface area contributed by atoms with E-state index < -0.39 is 0 Å². The molecule has 130 valence electrons. The highest BCUT2D eigenvalue weighted by atomic mass is 127. The molecule has 1 unspecified atom stereocenters. The SMILES string of the molecule is CN=C(NCc1cccc2cccnc12)NCC1(C)CCCS1.I. The zero-order valence-electron chi connectivity index (χ0n) is 14.2. The van der Waals surface area contributed by atoms with Crippen molar-refractivity contribution in [3.8, 4) is 0 Å². The fourth-order valence-corrected chi connectivity index (χ4v) is 4.20. The molecule has 2 N–H and O–H groups in total. The van der Waals surface area contributed by atoms with Crippen LogP contribution in [0.5, 0.6) is 0 Å². The van der Waals surface area contributed by atoms with Gasteiger partial charge >= 0.3 is 0 Å². The zero-order valence-corrected chi connectivity index (χ0v) is 17.4. The first-order chi connectivity index (χ1) is 11.2. The van der Waals surface area contributed by atoms with E-state index in [0.717, 1.165) is 24.6 Å². The molecule has 3 rings (SSSR count). The van der Waals surface area contributed by atoms with E-state index >= 15 is 0 Å². The van der Waals surface area contributed by atoms with Crippen molar-refractivity contribution in [2.45, 2.75) is 31.1 Å². The Morgan fingerprint density at radius 1 is 1.29 bits per heavy atom. The monoisotopic (exact) mass is 456 g/mol. The maximum Gasteiger partial charge on any atom is 0.191 e. The summed E-state index contributed by atoms with van der Waals surface area (Å²) < 4.78 is 0.332. The first kappa shape index (κ1) is 19.3. The molecule has 0 amide bonds. The molecule has 0 aliphatic carbocycles. The van der Waals surface area contributed by atoms with Gasteiger partial charge in [-0.1, -0.05) is 24.3 Å². The van der Waals surface area contributed by atoms with Crippen molar-refractivity contribution >= 4 is 52.6 Å². The number of halogens is 1. The molecule has 1 aliphatic heterocycles. The number of para-hydroxylation sites is 1. The molecule has 0 radical (unpaired) electrons. The number of guanidine groups is 1. The summed E-state index contributed by atoms with van der Waals surface area (Å²) in [6, 6.07) is 10.4. The molecule has 0 saturated carbocycles.